The van der Waals surface area contributed by atoms with Crippen molar-refractivity contribution in [3.05, 3.63) is 87.3 Å². The first-order valence-electron chi connectivity index (χ1n) is 9.87. The fourth-order valence-electron chi connectivity index (χ4n) is 3.26. The van der Waals surface area contributed by atoms with Gasteiger partial charge in [-0.2, -0.15) is 18.3 Å². The SMILES string of the molecule is CCC(NC(=O)c1nn(-c2cccc(C(F)(F)F)c2)c(C)cc1=O)c1ccc(OC)cc1. The minimum Gasteiger partial charge on any atom is -0.497 e. The molecule has 0 aliphatic carbocycles. The van der Waals surface area contributed by atoms with Crippen LogP contribution in [0.15, 0.2) is 59.4 Å². The molecule has 1 atom stereocenters. The van der Waals surface area contributed by atoms with Crippen LogP contribution < -0.4 is 15.5 Å². The topological polar surface area (TPSA) is 73.2 Å². The number of rotatable bonds is 6. The molecule has 0 bridgehead atoms. The molecule has 1 amide bonds. The molecule has 9 heteroatoms. The molecule has 1 unspecified atom stereocenters. The van der Waals surface area contributed by atoms with Gasteiger partial charge in [-0.05, 0) is 49.2 Å². The van der Waals surface area contributed by atoms with Crippen molar-refractivity contribution >= 4 is 5.91 Å². The summed E-state index contributed by atoms with van der Waals surface area (Å²) < 4.78 is 45.6. The van der Waals surface area contributed by atoms with E-state index in [-0.39, 0.29) is 5.69 Å². The highest BCUT2D eigenvalue weighted by molar-refractivity contribution is 5.92. The molecule has 1 aromatic heterocycles. The molecular formula is C23H22F3N3O3. The molecule has 2 aromatic carbocycles. The van der Waals surface area contributed by atoms with E-state index >= 15 is 0 Å². The maximum atomic E-state index is 13.1. The number of amides is 1. The van der Waals surface area contributed by atoms with Gasteiger partial charge in [0.15, 0.2) is 5.69 Å². The van der Waals surface area contributed by atoms with Crippen molar-refractivity contribution in [2.24, 2.45) is 0 Å². The monoisotopic (exact) mass is 445 g/mol. The van der Waals surface area contributed by atoms with E-state index in [0.717, 1.165) is 22.4 Å². The van der Waals surface area contributed by atoms with Gasteiger partial charge < -0.3 is 10.1 Å². The average Bonchev–Trinajstić information content (AvgIpc) is 2.77. The summed E-state index contributed by atoms with van der Waals surface area (Å²) in [6, 6.07) is 12.4. The van der Waals surface area contributed by atoms with Crippen molar-refractivity contribution in [3.8, 4) is 11.4 Å². The molecule has 0 aliphatic heterocycles. The molecule has 0 fully saturated rings. The van der Waals surface area contributed by atoms with E-state index in [0.29, 0.717) is 17.9 Å². The maximum absolute atomic E-state index is 13.1. The van der Waals surface area contributed by atoms with Crippen LogP contribution in [0.2, 0.25) is 0 Å². The van der Waals surface area contributed by atoms with Crippen molar-refractivity contribution in [3.63, 3.8) is 0 Å². The Balaban J connectivity index is 1.94. The van der Waals surface area contributed by atoms with Crippen LogP contribution in [0.25, 0.3) is 5.69 Å². The van der Waals surface area contributed by atoms with Gasteiger partial charge in [0.2, 0.25) is 5.43 Å². The van der Waals surface area contributed by atoms with Gasteiger partial charge in [0.1, 0.15) is 5.75 Å². The number of nitrogens with zero attached hydrogens (tertiary/aromatic N) is 2. The zero-order valence-electron chi connectivity index (χ0n) is 17.7. The molecule has 0 saturated carbocycles. The van der Waals surface area contributed by atoms with E-state index in [9.17, 15) is 22.8 Å². The molecule has 0 spiro atoms. The lowest BCUT2D eigenvalue weighted by atomic mass is 10.0. The van der Waals surface area contributed by atoms with Crippen LogP contribution in [0.4, 0.5) is 13.2 Å². The summed E-state index contributed by atoms with van der Waals surface area (Å²) in [6.45, 7) is 3.40. The van der Waals surface area contributed by atoms with Crippen LogP contribution >= 0.6 is 0 Å². The molecule has 0 radical (unpaired) electrons. The summed E-state index contributed by atoms with van der Waals surface area (Å²) in [5.41, 5.74) is -0.673. The van der Waals surface area contributed by atoms with E-state index in [1.54, 1.807) is 31.4 Å². The second kappa shape index (κ2) is 9.25. The fraction of sp³-hybridized carbons (Fsp3) is 0.261. The largest absolute Gasteiger partial charge is 0.497 e. The number of aryl methyl sites for hydroxylation is 1. The second-order valence-corrected chi connectivity index (χ2v) is 7.17. The quantitative estimate of drug-likeness (QED) is 0.609. The highest BCUT2D eigenvalue weighted by Gasteiger charge is 2.30. The number of hydrogen-bond donors (Lipinski definition) is 1. The van der Waals surface area contributed by atoms with E-state index in [1.165, 1.54) is 25.1 Å². The first kappa shape index (κ1) is 23.1. The van der Waals surface area contributed by atoms with Gasteiger partial charge in [-0.1, -0.05) is 25.1 Å². The number of carbonyl (C=O) groups excluding carboxylic acids is 1. The number of alkyl halides is 3. The Labute approximate surface area is 182 Å². The third kappa shape index (κ3) is 4.99. The van der Waals surface area contributed by atoms with Crippen LogP contribution in [0.3, 0.4) is 0 Å². The van der Waals surface area contributed by atoms with Gasteiger partial charge in [-0.3, -0.25) is 9.59 Å². The highest BCUT2D eigenvalue weighted by atomic mass is 19.4. The molecule has 168 valence electrons. The number of nitrogens with one attached hydrogen (secondary N) is 1. The first-order valence-corrected chi connectivity index (χ1v) is 9.87. The number of benzene rings is 2. The van der Waals surface area contributed by atoms with Crippen LogP contribution in [-0.4, -0.2) is 22.8 Å². The van der Waals surface area contributed by atoms with Gasteiger partial charge in [0.25, 0.3) is 5.91 Å². The minimum absolute atomic E-state index is 0.0913. The molecule has 1 N–H and O–H groups in total. The Hall–Kier alpha value is -3.62. The van der Waals surface area contributed by atoms with Crippen LogP contribution in [0.1, 0.15) is 46.7 Å². The Kier molecular flexibility index (Phi) is 6.67. The summed E-state index contributed by atoms with van der Waals surface area (Å²) in [5.74, 6) is -0.0440. The number of hydrogen-bond acceptors (Lipinski definition) is 4. The zero-order valence-corrected chi connectivity index (χ0v) is 17.7. The van der Waals surface area contributed by atoms with Gasteiger partial charge in [0, 0.05) is 11.8 Å². The van der Waals surface area contributed by atoms with Crippen LogP contribution in [0, 0.1) is 6.92 Å². The number of ether oxygens (including phenoxy) is 1. The molecule has 3 aromatic rings. The van der Waals surface area contributed by atoms with Gasteiger partial charge >= 0.3 is 6.18 Å². The Morgan fingerprint density at radius 1 is 1.16 bits per heavy atom. The first-order chi connectivity index (χ1) is 15.1. The minimum atomic E-state index is -4.53. The molecule has 32 heavy (non-hydrogen) atoms. The molecule has 6 nitrogen and oxygen atoms in total. The van der Waals surface area contributed by atoms with Gasteiger partial charge in [-0.25, -0.2) is 4.68 Å². The van der Waals surface area contributed by atoms with E-state index in [4.69, 9.17) is 4.74 Å². The summed E-state index contributed by atoms with van der Waals surface area (Å²) >= 11 is 0. The van der Waals surface area contributed by atoms with Crippen molar-refractivity contribution in [1.82, 2.24) is 15.1 Å². The Morgan fingerprint density at radius 2 is 1.84 bits per heavy atom. The van der Waals surface area contributed by atoms with Gasteiger partial charge in [-0.15, -0.1) is 0 Å². The molecular weight excluding hydrogens is 423 g/mol. The molecule has 3 rings (SSSR count). The maximum Gasteiger partial charge on any atom is 0.416 e. The predicted molar refractivity (Wildman–Crippen MR) is 113 cm³/mol. The van der Waals surface area contributed by atoms with Gasteiger partial charge in [0.05, 0.1) is 24.4 Å². The number of aromatic nitrogens is 2. The lowest BCUT2D eigenvalue weighted by molar-refractivity contribution is -0.137. The van der Waals surface area contributed by atoms with E-state index in [2.05, 4.69) is 10.4 Å². The summed E-state index contributed by atoms with van der Waals surface area (Å²) in [6.07, 6.45) is -3.98. The normalized spacial score (nSPS) is 12.3. The molecule has 0 aliphatic rings. The summed E-state index contributed by atoms with van der Waals surface area (Å²) in [5, 5.41) is 6.85. The molecule has 1 heterocycles. The summed E-state index contributed by atoms with van der Waals surface area (Å²) in [4.78, 5) is 25.3. The number of methoxy groups -OCH3 is 1. The zero-order chi connectivity index (χ0) is 23.5. The van der Waals surface area contributed by atoms with Crippen molar-refractivity contribution in [2.75, 3.05) is 7.11 Å². The Morgan fingerprint density at radius 3 is 2.44 bits per heavy atom. The number of halogens is 3. The fourth-order valence-corrected chi connectivity index (χ4v) is 3.26. The van der Waals surface area contributed by atoms with Crippen molar-refractivity contribution in [1.29, 1.82) is 0 Å². The van der Waals surface area contributed by atoms with Crippen LogP contribution in [-0.2, 0) is 6.18 Å². The average molecular weight is 445 g/mol. The van der Waals surface area contributed by atoms with E-state index < -0.39 is 34.8 Å². The van der Waals surface area contributed by atoms with Crippen LogP contribution in [0.5, 0.6) is 5.75 Å². The predicted octanol–water partition coefficient (Wildman–Crippen LogP) is 4.45. The third-order valence-corrected chi connectivity index (χ3v) is 4.97. The second-order valence-electron chi connectivity index (χ2n) is 7.17. The highest BCUT2D eigenvalue weighted by Crippen LogP contribution is 2.30. The Bertz CT molecular complexity index is 1170. The standard InChI is InChI=1S/C23H22F3N3O3/c1-4-19(15-8-10-18(32-3)11-9-15)27-22(31)21-20(30)12-14(2)29(28-21)17-7-5-6-16(13-17)23(24,25)26/h5-13,19H,4H2,1-3H3,(H,27,31). The lowest BCUT2D eigenvalue weighted by Crippen LogP contribution is -2.34. The number of carbonyl (C=O) groups is 1. The third-order valence-electron chi connectivity index (χ3n) is 4.97. The molecule has 0 saturated heterocycles. The summed E-state index contributed by atoms with van der Waals surface area (Å²) in [7, 11) is 1.55. The van der Waals surface area contributed by atoms with E-state index in [1.807, 2.05) is 6.92 Å². The lowest BCUT2D eigenvalue weighted by Gasteiger charge is -2.18. The smallest absolute Gasteiger partial charge is 0.416 e. The van der Waals surface area contributed by atoms with Crippen molar-refractivity contribution in [2.45, 2.75) is 32.5 Å². The van der Waals surface area contributed by atoms with Crippen molar-refractivity contribution < 1.29 is 22.7 Å².